The van der Waals surface area contributed by atoms with Crippen LogP contribution >= 0.6 is 0 Å². The van der Waals surface area contributed by atoms with E-state index in [-0.39, 0.29) is 12.5 Å². The molecule has 0 saturated carbocycles. The zero-order valence-corrected chi connectivity index (χ0v) is 13.9. The molecule has 25 heavy (non-hydrogen) atoms. The number of carbonyl (C=O) groups excluding carboxylic acids is 2. The zero-order valence-electron chi connectivity index (χ0n) is 13.9. The van der Waals surface area contributed by atoms with Gasteiger partial charge < -0.3 is 14.2 Å². The molecular weight excluding hydrogens is 322 g/mol. The molecule has 0 spiro atoms. The third kappa shape index (κ3) is 3.33. The van der Waals surface area contributed by atoms with Gasteiger partial charge in [-0.2, -0.15) is 0 Å². The summed E-state index contributed by atoms with van der Waals surface area (Å²) in [6.07, 6.45) is 1.48. The molecule has 3 rings (SSSR count). The summed E-state index contributed by atoms with van der Waals surface area (Å²) < 4.78 is 16.9. The Bertz CT molecular complexity index is 928. The van der Waals surface area contributed by atoms with Crippen LogP contribution < -0.4 is 9.47 Å². The van der Waals surface area contributed by atoms with E-state index in [1.54, 1.807) is 55.6 Å². The highest BCUT2D eigenvalue weighted by atomic mass is 16.5. The molecule has 6 heteroatoms. The second-order valence-electron chi connectivity index (χ2n) is 5.28. The molecule has 0 amide bonds. The molecule has 0 radical (unpaired) electrons. The number of hydrogen-bond donors (Lipinski definition) is 0. The van der Waals surface area contributed by atoms with E-state index in [9.17, 15) is 9.59 Å². The van der Waals surface area contributed by atoms with Gasteiger partial charge in [-0.3, -0.25) is 9.36 Å². The highest BCUT2D eigenvalue weighted by Gasteiger charge is 2.18. The van der Waals surface area contributed by atoms with E-state index < -0.39 is 5.97 Å². The quantitative estimate of drug-likeness (QED) is 0.668. The van der Waals surface area contributed by atoms with Crippen LogP contribution in [0.15, 0.2) is 54.7 Å². The van der Waals surface area contributed by atoms with Crippen molar-refractivity contribution in [2.45, 2.75) is 0 Å². The Morgan fingerprint density at radius 3 is 2.52 bits per heavy atom. The van der Waals surface area contributed by atoms with E-state index in [1.807, 2.05) is 0 Å². The van der Waals surface area contributed by atoms with Gasteiger partial charge in [0.2, 0.25) is 0 Å². The summed E-state index contributed by atoms with van der Waals surface area (Å²) in [4.78, 5) is 24.5. The van der Waals surface area contributed by atoms with Crippen molar-refractivity contribution in [2.24, 2.45) is 0 Å². The van der Waals surface area contributed by atoms with E-state index in [4.69, 9.17) is 14.2 Å². The van der Waals surface area contributed by atoms with Gasteiger partial charge in [0.1, 0.15) is 11.5 Å². The molecule has 0 bridgehead atoms. The third-order valence-electron chi connectivity index (χ3n) is 3.79. The van der Waals surface area contributed by atoms with Crippen LogP contribution in [0.1, 0.15) is 15.2 Å². The fourth-order valence-electron chi connectivity index (χ4n) is 2.56. The summed E-state index contributed by atoms with van der Waals surface area (Å²) in [5.74, 6) is 0.382. The average molecular weight is 339 g/mol. The first-order valence-electron chi connectivity index (χ1n) is 7.62. The maximum Gasteiger partial charge on any atom is 0.340 e. The minimum Gasteiger partial charge on any atom is -0.497 e. The second kappa shape index (κ2) is 7.09. The van der Waals surface area contributed by atoms with E-state index >= 15 is 0 Å². The second-order valence-corrected chi connectivity index (χ2v) is 5.28. The number of benzene rings is 2. The van der Waals surface area contributed by atoms with Gasteiger partial charge in [0, 0.05) is 17.6 Å². The SMILES string of the molecule is COC(=O)c1cn(C(=O)COc2cccc(OC)c2)c2ccccc12. The largest absolute Gasteiger partial charge is 0.497 e. The number of hydrogen-bond acceptors (Lipinski definition) is 5. The fraction of sp³-hybridized carbons (Fsp3) is 0.158. The maximum atomic E-state index is 12.6. The Kier molecular flexibility index (Phi) is 4.70. The first kappa shape index (κ1) is 16.6. The zero-order chi connectivity index (χ0) is 17.8. The van der Waals surface area contributed by atoms with E-state index in [1.165, 1.54) is 17.9 Å². The molecule has 0 unspecified atom stereocenters. The average Bonchev–Trinajstić information content (AvgIpc) is 3.05. The Balaban J connectivity index is 1.85. The molecule has 1 heterocycles. The number of carbonyl (C=O) groups is 2. The lowest BCUT2D eigenvalue weighted by Gasteiger charge is -2.08. The van der Waals surface area contributed by atoms with Crippen molar-refractivity contribution in [3.63, 3.8) is 0 Å². The summed E-state index contributed by atoms with van der Waals surface area (Å²) in [5.41, 5.74) is 0.968. The van der Waals surface area contributed by atoms with Crippen LogP contribution in [-0.4, -0.2) is 37.3 Å². The number of ether oxygens (including phenoxy) is 3. The van der Waals surface area contributed by atoms with Gasteiger partial charge >= 0.3 is 5.97 Å². The highest BCUT2D eigenvalue weighted by molar-refractivity contribution is 6.07. The Morgan fingerprint density at radius 2 is 1.76 bits per heavy atom. The summed E-state index contributed by atoms with van der Waals surface area (Å²) in [7, 11) is 2.87. The fourth-order valence-corrected chi connectivity index (χ4v) is 2.56. The smallest absolute Gasteiger partial charge is 0.340 e. The minimum atomic E-state index is -0.489. The molecule has 2 aromatic carbocycles. The number of para-hydroxylation sites is 1. The molecule has 0 aliphatic rings. The lowest BCUT2D eigenvalue weighted by Crippen LogP contribution is -2.18. The van der Waals surface area contributed by atoms with Crippen molar-refractivity contribution >= 4 is 22.8 Å². The van der Waals surface area contributed by atoms with Crippen molar-refractivity contribution in [3.05, 3.63) is 60.3 Å². The molecule has 0 aliphatic heterocycles. The number of nitrogens with zero attached hydrogens (tertiary/aromatic N) is 1. The van der Waals surface area contributed by atoms with Crippen LogP contribution in [-0.2, 0) is 4.74 Å². The summed E-state index contributed by atoms with van der Waals surface area (Å²) in [6.45, 7) is -0.174. The highest BCUT2D eigenvalue weighted by Crippen LogP contribution is 2.23. The van der Waals surface area contributed by atoms with Crippen molar-refractivity contribution in [1.29, 1.82) is 0 Å². The maximum absolute atomic E-state index is 12.6. The lowest BCUT2D eigenvalue weighted by molar-refractivity contribution is 0.0603. The van der Waals surface area contributed by atoms with Crippen molar-refractivity contribution in [2.75, 3.05) is 20.8 Å². The monoisotopic (exact) mass is 339 g/mol. The number of rotatable bonds is 5. The van der Waals surface area contributed by atoms with Gasteiger partial charge in [-0.1, -0.05) is 24.3 Å². The Labute approximate surface area is 144 Å². The molecule has 0 aliphatic carbocycles. The standard InChI is InChI=1S/C19H17NO5/c1-23-13-6-5-7-14(10-13)25-12-18(21)20-11-16(19(22)24-2)15-8-3-4-9-17(15)20/h3-11H,12H2,1-2H3. The Morgan fingerprint density at radius 1 is 1.00 bits per heavy atom. The molecular formula is C19H17NO5. The molecule has 0 fully saturated rings. The van der Waals surface area contributed by atoms with Gasteiger partial charge in [-0.25, -0.2) is 4.79 Å². The normalized spacial score (nSPS) is 10.5. The lowest BCUT2D eigenvalue weighted by atomic mass is 10.2. The molecule has 0 saturated heterocycles. The van der Waals surface area contributed by atoms with Crippen molar-refractivity contribution in [1.82, 2.24) is 4.57 Å². The van der Waals surface area contributed by atoms with Crippen molar-refractivity contribution in [3.8, 4) is 11.5 Å². The molecule has 128 valence electrons. The minimum absolute atomic E-state index is 0.174. The van der Waals surface area contributed by atoms with Crippen LogP contribution in [0.25, 0.3) is 10.9 Å². The first-order chi connectivity index (χ1) is 12.1. The van der Waals surface area contributed by atoms with Gasteiger partial charge in [-0.15, -0.1) is 0 Å². The third-order valence-corrected chi connectivity index (χ3v) is 3.79. The topological polar surface area (TPSA) is 66.8 Å². The van der Waals surface area contributed by atoms with Gasteiger partial charge in [0.05, 0.1) is 25.3 Å². The van der Waals surface area contributed by atoms with E-state index in [0.29, 0.717) is 28.0 Å². The number of aromatic nitrogens is 1. The van der Waals surface area contributed by atoms with E-state index in [0.717, 1.165) is 0 Å². The van der Waals surface area contributed by atoms with Gasteiger partial charge in [0.15, 0.2) is 6.61 Å². The summed E-state index contributed by atoms with van der Waals surface area (Å²) >= 11 is 0. The molecule has 0 atom stereocenters. The van der Waals surface area contributed by atoms with Crippen LogP contribution in [0.2, 0.25) is 0 Å². The number of fused-ring (bicyclic) bond motifs is 1. The van der Waals surface area contributed by atoms with Crippen LogP contribution in [0.3, 0.4) is 0 Å². The Hall–Kier alpha value is -3.28. The molecule has 3 aromatic rings. The predicted octanol–water partition coefficient (Wildman–Crippen LogP) is 3.16. The van der Waals surface area contributed by atoms with Crippen LogP contribution in [0, 0.1) is 0 Å². The van der Waals surface area contributed by atoms with Crippen LogP contribution in [0.5, 0.6) is 11.5 Å². The number of esters is 1. The number of methoxy groups -OCH3 is 2. The predicted molar refractivity (Wildman–Crippen MR) is 92.4 cm³/mol. The summed E-state index contributed by atoms with van der Waals surface area (Å²) in [5, 5.41) is 0.657. The van der Waals surface area contributed by atoms with E-state index in [2.05, 4.69) is 0 Å². The molecule has 6 nitrogen and oxygen atoms in total. The first-order valence-corrected chi connectivity index (χ1v) is 7.62. The molecule has 1 aromatic heterocycles. The molecule has 0 N–H and O–H groups in total. The van der Waals surface area contributed by atoms with Gasteiger partial charge in [0.25, 0.3) is 5.91 Å². The van der Waals surface area contributed by atoms with Gasteiger partial charge in [-0.05, 0) is 18.2 Å². The summed E-state index contributed by atoms with van der Waals surface area (Å²) in [6, 6.07) is 14.1. The van der Waals surface area contributed by atoms with Crippen molar-refractivity contribution < 1.29 is 23.8 Å². The van der Waals surface area contributed by atoms with Crippen LogP contribution in [0.4, 0.5) is 0 Å².